The topological polar surface area (TPSA) is 70.7 Å². The Labute approximate surface area is 140 Å². The molecule has 0 atom stereocenters. The third kappa shape index (κ3) is 4.04. The van der Waals surface area contributed by atoms with E-state index in [4.69, 9.17) is 4.74 Å². The minimum Gasteiger partial charge on any atom is -0.489 e. The van der Waals surface area contributed by atoms with Crippen LogP contribution in [0.15, 0.2) is 54.6 Å². The fourth-order valence-corrected chi connectivity index (χ4v) is 2.45. The lowest BCUT2D eigenvalue weighted by atomic mass is 10.2. The van der Waals surface area contributed by atoms with Crippen LogP contribution in [-0.4, -0.2) is 36.5 Å². The Morgan fingerprint density at radius 2 is 1.88 bits per heavy atom. The Balaban J connectivity index is 1.65. The lowest BCUT2D eigenvalue weighted by molar-refractivity contribution is -0.123. The molecule has 2 aromatic carbocycles. The Bertz CT molecular complexity index is 718. The molecule has 0 spiro atoms. The molecule has 3 rings (SSSR count). The van der Waals surface area contributed by atoms with E-state index in [-0.39, 0.29) is 18.5 Å². The Morgan fingerprint density at radius 3 is 2.67 bits per heavy atom. The smallest absolute Gasteiger partial charge is 0.322 e. The summed E-state index contributed by atoms with van der Waals surface area (Å²) < 4.78 is 5.75. The zero-order chi connectivity index (χ0) is 16.8. The summed E-state index contributed by atoms with van der Waals surface area (Å²) in [5, 5.41) is 5.56. The average Bonchev–Trinajstić information content (AvgIpc) is 2.62. The van der Waals surface area contributed by atoms with E-state index in [1.54, 1.807) is 0 Å². The molecule has 0 saturated carbocycles. The quantitative estimate of drug-likeness (QED) is 0.905. The Kier molecular flexibility index (Phi) is 4.96. The van der Waals surface area contributed by atoms with Gasteiger partial charge in [0, 0.05) is 24.3 Å². The van der Waals surface area contributed by atoms with E-state index in [0.717, 1.165) is 11.3 Å². The lowest BCUT2D eigenvalue weighted by Crippen LogP contribution is -2.51. The number of hydrogen-bond acceptors (Lipinski definition) is 3. The molecule has 0 aromatic heterocycles. The first kappa shape index (κ1) is 15.9. The molecule has 1 fully saturated rings. The van der Waals surface area contributed by atoms with Crippen molar-refractivity contribution in [2.24, 2.45) is 0 Å². The predicted octanol–water partition coefficient (Wildman–Crippen LogP) is 2.23. The van der Waals surface area contributed by atoms with Crippen LogP contribution in [0.25, 0.3) is 0 Å². The normalized spacial score (nSPS) is 14.0. The maximum atomic E-state index is 12.3. The third-order valence-corrected chi connectivity index (χ3v) is 3.72. The summed E-state index contributed by atoms with van der Waals surface area (Å²) in [6.45, 7) is 1.40. The number of ether oxygens (including phenoxy) is 1. The van der Waals surface area contributed by atoms with Gasteiger partial charge in [-0.15, -0.1) is 0 Å². The average molecular weight is 325 g/mol. The molecular formula is C18H19N3O3. The fraction of sp³-hybridized carbons (Fsp3) is 0.222. The molecule has 124 valence electrons. The van der Waals surface area contributed by atoms with Crippen molar-refractivity contribution in [3.8, 4) is 5.75 Å². The lowest BCUT2D eigenvalue weighted by Gasteiger charge is -2.27. The Morgan fingerprint density at radius 1 is 1.12 bits per heavy atom. The number of hydrogen-bond donors (Lipinski definition) is 2. The van der Waals surface area contributed by atoms with E-state index >= 15 is 0 Å². The van der Waals surface area contributed by atoms with Crippen LogP contribution in [0.5, 0.6) is 5.75 Å². The molecule has 1 heterocycles. The van der Waals surface area contributed by atoms with Crippen molar-refractivity contribution >= 4 is 17.6 Å². The van der Waals surface area contributed by atoms with Crippen molar-refractivity contribution in [3.05, 3.63) is 60.2 Å². The van der Waals surface area contributed by atoms with Gasteiger partial charge >= 0.3 is 6.03 Å². The van der Waals surface area contributed by atoms with Gasteiger partial charge in [0.2, 0.25) is 5.91 Å². The summed E-state index contributed by atoms with van der Waals surface area (Å²) >= 11 is 0. The van der Waals surface area contributed by atoms with Gasteiger partial charge in [-0.3, -0.25) is 4.79 Å². The molecule has 2 aromatic rings. The van der Waals surface area contributed by atoms with E-state index in [9.17, 15) is 9.59 Å². The molecule has 0 aliphatic carbocycles. The molecule has 3 amide bonds. The number of piperazine rings is 1. The number of carbonyl (C=O) groups is 2. The zero-order valence-corrected chi connectivity index (χ0v) is 13.2. The number of urea groups is 1. The van der Waals surface area contributed by atoms with E-state index in [2.05, 4.69) is 10.6 Å². The molecule has 2 N–H and O–H groups in total. The van der Waals surface area contributed by atoms with Crippen LogP contribution >= 0.6 is 0 Å². The minimum atomic E-state index is -0.281. The number of benzene rings is 2. The first-order valence-corrected chi connectivity index (χ1v) is 7.81. The zero-order valence-electron chi connectivity index (χ0n) is 13.2. The van der Waals surface area contributed by atoms with Crippen LogP contribution in [0.3, 0.4) is 0 Å². The number of anilines is 1. The predicted molar refractivity (Wildman–Crippen MR) is 90.8 cm³/mol. The number of amides is 3. The maximum Gasteiger partial charge on any atom is 0.322 e. The highest BCUT2D eigenvalue weighted by Gasteiger charge is 2.21. The van der Waals surface area contributed by atoms with Crippen molar-refractivity contribution in [3.63, 3.8) is 0 Å². The summed E-state index contributed by atoms with van der Waals surface area (Å²) in [6, 6.07) is 16.7. The van der Waals surface area contributed by atoms with Crippen LogP contribution in [0.2, 0.25) is 0 Å². The van der Waals surface area contributed by atoms with Gasteiger partial charge < -0.3 is 20.3 Å². The second-order valence-corrected chi connectivity index (χ2v) is 5.46. The molecule has 0 radical (unpaired) electrons. The highest BCUT2D eigenvalue weighted by Crippen LogP contribution is 2.19. The second kappa shape index (κ2) is 7.50. The fourth-order valence-electron chi connectivity index (χ4n) is 2.45. The van der Waals surface area contributed by atoms with E-state index in [1.165, 1.54) is 4.90 Å². The second-order valence-electron chi connectivity index (χ2n) is 5.46. The number of carbonyl (C=O) groups excluding carboxylic acids is 2. The van der Waals surface area contributed by atoms with Gasteiger partial charge in [-0.05, 0) is 18.2 Å². The van der Waals surface area contributed by atoms with Crippen LogP contribution in [0.1, 0.15) is 5.56 Å². The highest BCUT2D eigenvalue weighted by molar-refractivity contribution is 5.93. The van der Waals surface area contributed by atoms with Crippen molar-refractivity contribution in [2.45, 2.75) is 6.61 Å². The number of para-hydroxylation sites is 2. The molecule has 0 bridgehead atoms. The van der Waals surface area contributed by atoms with Gasteiger partial charge in [0.15, 0.2) is 0 Å². The summed E-state index contributed by atoms with van der Waals surface area (Å²) in [7, 11) is 0. The first-order chi connectivity index (χ1) is 11.7. The molecule has 24 heavy (non-hydrogen) atoms. The van der Waals surface area contributed by atoms with Crippen molar-refractivity contribution in [2.75, 3.05) is 25.0 Å². The highest BCUT2D eigenvalue weighted by atomic mass is 16.5. The summed E-state index contributed by atoms with van der Waals surface area (Å²) in [5.41, 5.74) is 1.56. The van der Waals surface area contributed by atoms with E-state index in [1.807, 2.05) is 54.6 Å². The number of nitrogens with zero attached hydrogens (tertiary/aromatic N) is 1. The molecular weight excluding hydrogens is 306 g/mol. The molecule has 1 saturated heterocycles. The molecule has 1 aliphatic heterocycles. The Hall–Kier alpha value is -3.02. The van der Waals surface area contributed by atoms with Gasteiger partial charge in [-0.25, -0.2) is 4.79 Å². The number of rotatable bonds is 4. The van der Waals surface area contributed by atoms with Gasteiger partial charge in [0.25, 0.3) is 0 Å². The van der Waals surface area contributed by atoms with Gasteiger partial charge in [-0.1, -0.05) is 36.4 Å². The van der Waals surface area contributed by atoms with E-state index < -0.39 is 0 Å². The van der Waals surface area contributed by atoms with E-state index in [0.29, 0.717) is 25.4 Å². The summed E-state index contributed by atoms with van der Waals surface area (Å²) in [6.07, 6.45) is 0. The largest absolute Gasteiger partial charge is 0.489 e. The number of nitrogens with one attached hydrogen (secondary N) is 2. The van der Waals surface area contributed by atoms with Crippen molar-refractivity contribution in [1.29, 1.82) is 0 Å². The minimum absolute atomic E-state index is 0.0779. The van der Waals surface area contributed by atoms with Crippen molar-refractivity contribution < 1.29 is 14.3 Å². The summed E-state index contributed by atoms with van der Waals surface area (Å²) in [5.74, 6) is 0.628. The molecule has 6 nitrogen and oxygen atoms in total. The third-order valence-electron chi connectivity index (χ3n) is 3.72. The van der Waals surface area contributed by atoms with Gasteiger partial charge in [-0.2, -0.15) is 0 Å². The SMILES string of the molecule is O=C1CN(C(=O)Nc2ccccc2COc2ccccc2)CCN1. The van der Waals surface area contributed by atoms with Crippen LogP contribution in [0.4, 0.5) is 10.5 Å². The van der Waals surface area contributed by atoms with Crippen molar-refractivity contribution in [1.82, 2.24) is 10.2 Å². The maximum absolute atomic E-state index is 12.3. The standard InChI is InChI=1S/C18H19N3O3/c22-17-12-21(11-10-19-17)18(23)20-16-9-5-4-6-14(16)13-24-15-7-2-1-3-8-15/h1-9H,10-13H2,(H,19,22)(H,20,23). The molecule has 1 aliphatic rings. The molecule has 0 unspecified atom stereocenters. The van der Waals surface area contributed by atoms with Crippen LogP contribution in [-0.2, 0) is 11.4 Å². The summed E-state index contributed by atoms with van der Waals surface area (Å²) in [4.78, 5) is 25.2. The van der Waals surface area contributed by atoms with Gasteiger partial charge in [0.1, 0.15) is 18.9 Å². The van der Waals surface area contributed by atoms with Crippen LogP contribution < -0.4 is 15.4 Å². The molecule has 6 heteroatoms. The van der Waals surface area contributed by atoms with Gasteiger partial charge in [0.05, 0.1) is 0 Å². The first-order valence-electron chi connectivity index (χ1n) is 7.81. The monoisotopic (exact) mass is 325 g/mol. The van der Waals surface area contributed by atoms with Crippen LogP contribution in [0, 0.1) is 0 Å².